The number of benzene rings is 1. The normalized spacial score (nSPS) is 9.33. The smallest absolute Gasteiger partial charge is 0.239 e. The van der Waals surface area contributed by atoms with Gasteiger partial charge in [0.05, 0.1) is 6.07 Å². The molecule has 1 aromatic rings. The van der Waals surface area contributed by atoms with Crippen molar-refractivity contribution < 1.29 is 4.79 Å². The Morgan fingerprint density at radius 3 is 2.60 bits per heavy atom. The third kappa shape index (κ3) is 4.01. The van der Waals surface area contributed by atoms with E-state index in [1.165, 1.54) is 0 Å². The monoisotopic (exact) mass is 222 g/mol. The highest BCUT2D eigenvalue weighted by Gasteiger charge is 1.99. The number of nitrogens with one attached hydrogen (secondary N) is 1. The second-order valence-corrected chi connectivity index (χ2v) is 3.30. The fourth-order valence-corrected chi connectivity index (χ4v) is 1.22. The van der Waals surface area contributed by atoms with Crippen molar-refractivity contribution in [2.45, 2.75) is 12.8 Å². The first-order valence-corrected chi connectivity index (χ1v) is 5.11. The van der Waals surface area contributed by atoms with Crippen LogP contribution in [0.2, 0.25) is 0 Å². The number of carbonyl (C=O) groups is 1. The molecule has 0 saturated carbocycles. The van der Waals surface area contributed by atoms with E-state index in [2.05, 4.69) is 11.4 Å². The fraction of sp³-hybridized carbons (Fsp3) is 0.273. The Labute approximate surface area is 93.7 Å². The number of carbonyl (C=O) groups excluding carboxylic acids is 1. The molecule has 0 spiro atoms. The molecule has 0 fully saturated rings. The topological polar surface area (TPSA) is 52.9 Å². The maximum Gasteiger partial charge on any atom is 0.239 e. The van der Waals surface area contributed by atoms with E-state index in [1.807, 2.05) is 12.1 Å². The molecule has 15 heavy (non-hydrogen) atoms. The maximum absolute atomic E-state index is 11.0. The van der Waals surface area contributed by atoms with Crippen molar-refractivity contribution in [3.8, 4) is 6.07 Å². The van der Waals surface area contributed by atoms with E-state index in [4.69, 9.17) is 16.9 Å². The summed E-state index contributed by atoms with van der Waals surface area (Å²) in [5.74, 6) is -0.266. The largest absolute Gasteiger partial charge is 0.325 e. The van der Waals surface area contributed by atoms with Crippen LogP contribution >= 0.6 is 11.6 Å². The Kier molecular flexibility index (Phi) is 4.65. The Bertz CT molecular complexity index is 367. The van der Waals surface area contributed by atoms with Crippen LogP contribution in [0.3, 0.4) is 0 Å². The van der Waals surface area contributed by atoms with E-state index < -0.39 is 0 Å². The highest BCUT2D eigenvalue weighted by Crippen LogP contribution is 2.10. The molecular formula is C11H11ClN2O. The van der Waals surface area contributed by atoms with E-state index in [9.17, 15) is 4.79 Å². The van der Waals surface area contributed by atoms with E-state index in [0.29, 0.717) is 6.42 Å². The molecule has 0 bridgehead atoms. The summed E-state index contributed by atoms with van der Waals surface area (Å²) in [5.41, 5.74) is 1.81. The van der Waals surface area contributed by atoms with Crippen molar-refractivity contribution in [1.29, 1.82) is 5.26 Å². The Morgan fingerprint density at radius 1 is 1.40 bits per heavy atom. The lowest BCUT2D eigenvalue weighted by Gasteiger charge is -2.03. The molecule has 4 heteroatoms. The van der Waals surface area contributed by atoms with Crippen LogP contribution in [-0.4, -0.2) is 11.8 Å². The molecule has 0 aliphatic rings. The quantitative estimate of drug-likeness (QED) is 0.795. The summed E-state index contributed by atoms with van der Waals surface area (Å²) >= 11 is 5.35. The Morgan fingerprint density at radius 2 is 2.07 bits per heavy atom. The summed E-state index contributed by atoms with van der Waals surface area (Å²) in [6, 6.07) is 9.47. The first kappa shape index (κ1) is 11.5. The number of aryl methyl sites for hydroxylation is 1. The molecular weight excluding hydrogens is 212 g/mol. The average Bonchev–Trinajstić information content (AvgIpc) is 2.28. The zero-order chi connectivity index (χ0) is 11.1. The van der Waals surface area contributed by atoms with Crippen LogP contribution in [-0.2, 0) is 11.2 Å². The van der Waals surface area contributed by atoms with Gasteiger partial charge in [0.25, 0.3) is 0 Å². The Balaban J connectivity index is 2.57. The minimum absolute atomic E-state index is 0.0455. The van der Waals surface area contributed by atoms with Crippen LogP contribution in [0.1, 0.15) is 12.0 Å². The third-order valence-corrected chi connectivity index (χ3v) is 2.13. The van der Waals surface area contributed by atoms with Gasteiger partial charge in [-0.2, -0.15) is 5.26 Å². The molecule has 0 aliphatic carbocycles. The first-order valence-electron chi connectivity index (χ1n) is 4.58. The van der Waals surface area contributed by atoms with Gasteiger partial charge in [-0.3, -0.25) is 4.79 Å². The predicted molar refractivity (Wildman–Crippen MR) is 59.7 cm³/mol. The van der Waals surface area contributed by atoms with Gasteiger partial charge in [-0.05, 0) is 24.1 Å². The second kappa shape index (κ2) is 6.05. The van der Waals surface area contributed by atoms with Gasteiger partial charge in [0.2, 0.25) is 5.91 Å². The fourth-order valence-electron chi connectivity index (χ4n) is 1.15. The molecule has 0 heterocycles. The molecule has 78 valence electrons. The number of hydrogen-bond donors (Lipinski definition) is 1. The van der Waals surface area contributed by atoms with Crippen LogP contribution in [0.25, 0.3) is 0 Å². The summed E-state index contributed by atoms with van der Waals surface area (Å²) in [4.78, 5) is 11.0. The van der Waals surface area contributed by atoms with Gasteiger partial charge in [-0.15, -0.1) is 11.6 Å². The third-order valence-electron chi connectivity index (χ3n) is 1.88. The molecule has 1 aromatic carbocycles. The van der Waals surface area contributed by atoms with Gasteiger partial charge in [-0.25, -0.2) is 0 Å². The van der Waals surface area contributed by atoms with Crippen LogP contribution in [0.5, 0.6) is 0 Å². The summed E-state index contributed by atoms with van der Waals surface area (Å²) in [6.45, 7) is 0. The molecule has 0 saturated heterocycles. The molecule has 0 aromatic heterocycles. The summed E-state index contributed by atoms with van der Waals surface area (Å²) in [7, 11) is 0. The minimum Gasteiger partial charge on any atom is -0.325 e. The standard InChI is InChI=1S/C11H11ClN2O/c12-8-11(15)14-10-5-3-9(4-6-10)2-1-7-13/h3-6H,1-2,8H2,(H,14,15). The Hall–Kier alpha value is -1.53. The molecule has 1 N–H and O–H groups in total. The van der Waals surface area contributed by atoms with Crippen LogP contribution < -0.4 is 5.32 Å². The van der Waals surface area contributed by atoms with Gasteiger partial charge in [0.15, 0.2) is 0 Å². The summed E-state index contributed by atoms with van der Waals surface area (Å²) in [5, 5.41) is 11.1. The number of alkyl halides is 1. The van der Waals surface area contributed by atoms with Gasteiger partial charge in [0, 0.05) is 12.1 Å². The second-order valence-electron chi connectivity index (χ2n) is 3.04. The van der Waals surface area contributed by atoms with E-state index in [0.717, 1.165) is 17.7 Å². The van der Waals surface area contributed by atoms with Crippen LogP contribution in [0, 0.1) is 11.3 Å². The van der Waals surface area contributed by atoms with Gasteiger partial charge >= 0.3 is 0 Å². The number of halogens is 1. The first-order chi connectivity index (χ1) is 7.26. The van der Waals surface area contributed by atoms with Gasteiger partial charge in [-0.1, -0.05) is 12.1 Å². The SMILES string of the molecule is N#CCCc1ccc(NC(=O)CCl)cc1. The molecule has 1 rings (SSSR count). The van der Waals surface area contributed by atoms with E-state index in [1.54, 1.807) is 12.1 Å². The molecule has 0 unspecified atom stereocenters. The van der Waals surface area contributed by atoms with Gasteiger partial charge in [0.1, 0.15) is 5.88 Å². The predicted octanol–water partition coefficient (Wildman–Crippen LogP) is 2.32. The number of nitrogens with zero attached hydrogens (tertiary/aromatic N) is 1. The maximum atomic E-state index is 11.0. The number of nitriles is 1. The zero-order valence-electron chi connectivity index (χ0n) is 8.16. The zero-order valence-corrected chi connectivity index (χ0v) is 8.92. The molecule has 1 amide bonds. The van der Waals surface area contributed by atoms with Crippen molar-refractivity contribution >= 4 is 23.2 Å². The van der Waals surface area contributed by atoms with Crippen molar-refractivity contribution in [2.75, 3.05) is 11.2 Å². The van der Waals surface area contributed by atoms with Crippen molar-refractivity contribution in [1.82, 2.24) is 0 Å². The number of anilines is 1. The van der Waals surface area contributed by atoms with Crippen molar-refractivity contribution in [3.63, 3.8) is 0 Å². The lowest BCUT2D eigenvalue weighted by Crippen LogP contribution is -2.12. The van der Waals surface area contributed by atoms with E-state index >= 15 is 0 Å². The molecule has 0 atom stereocenters. The summed E-state index contributed by atoms with van der Waals surface area (Å²) < 4.78 is 0. The van der Waals surface area contributed by atoms with Crippen molar-refractivity contribution in [2.24, 2.45) is 0 Å². The molecule has 0 aliphatic heterocycles. The minimum atomic E-state index is -0.221. The van der Waals surface area contributed by atoms with Crippen LogP contribution in [0.4, 0.5) is 5.69 Å². The summed E-state index contributed by atoms with van der Waals surface area (Å²) in [6.07, 6.45) is 1.24. The lowest BCUT2D eigenvalue weighted by molar-refractivity contribution is -0.113. The number of rotatable bonds is 4. The highest BCUT2D eigenvalue weighted by atomic mass is 35.5. The van der Waals surface area contributed by atoms with E-state index in [-0.39, 0.29) is 11.8 Å². The van der Waals surface area contributed by atoms with Crippen molar-refractivity contribution in [3.05, 3.63) is 29.8 Å². The number of amides is 1. The lowest BCUT2D eigenvalue weighted by atomic mass is 10.1. The molecule has 0 radical (unpaired) electrons. The van der Waals surface area contributed by atoms with Crippen LogP contribution in [0.15, 0.2) is 24.3 Å². The number of hydrogen-bond acceptors (Lipinski definition) is 2. The molecule has 3 nitrogen and oxygen atoms in total. The van der Waals surface area contributed by atoms with Gasteiger partial charge < -0.3 is 5.32 Å². The highest BCUT2D eigenvalue weighted by molar-refractivity contribution is 6.29. The average molecular weight is 223 g/mol.